The van der Waals surface area contributed by atoms with Crippen molar-refractivity contribution in [3.05, 3.63) is 46.2 Å². The molecular formula is C18H18ClF3N4O. The van der Waals surface area contributed by atoms with Crippen LogP contribution in [0.2, 0.25) is 5.02 Å². The maximum atomic E-state index is 13.0. The molecule has 1 amide bonds. The van der Waals surface area contributed by atoms with Crippen molar-refractivity contribution >= 4 is 29.1 Å². The molecule has 1 saturated heterocycles. The van der Waals surface area contributed by atoms with Crippen molar-refractivity contribution in [2.75, 3.05) is 18.4 Å². The molecule has 1 N–H and O–H groups in total. The number of alkyl halides is 3. The summed E-state index contributed by atoms with van der Waals surface area (Å²) in [6.45, 7) is 3.05. The zero-order chi connectivity index (χ0) is 19.6. The molecule has 0 radical (unpaired) electrons. The van der Waals surface area contributed by atoms with Gasteiger partial charge in [0.15, 0.2) is 0 Å². The Morgan fingerprint density at radius 1 is 1.15 bits per heavy atom. The monoisotopic (exact) mass is 398 g/mol. The second-order valence-electron chi connectivity index (χ2n) is 6.39. The second-order valence-corrected chi connectivity index (χ2v) is 6.80. The van der Waals surface area contributed by atoms with Gasteiger partial charge in [-0.1, -0.05) is 11.6 Å². The van der Waals surface area contributed by atoms with E-state index in [4.69, 9.17) is 11.6 Å². The lowest BCUT2D eigenvalue weighted by molar-refractivity contribution is -0.137. The summed E-state index contributed by atoms with van der Waals surface area (Å²) in [5.41, 5.74) is -0.0603. The molecule has 0 unspecified atom stereocenters. The van der Waals surface area contributed by atoms with Crippen LogP contribution < -0.4 is 5.32 Å². The third-order valence-corrected chi connectivity index (χ3v) is 4.57. The van der Waals surface area contributed by atoms with Gasteiger partial charge in [0, 0.05) is 24.5 Å². The van der Waals surface area contributed by atoms with Crippen molar-refractivity contribution in [2.24, 2.45) is 0 Å². The van der Waals surface area contributed by atoms with Crippen LogP contribution in [0.1, 0.15) is 41.0 Å². The molecular weight excluding hydrogens is 381 g/mol. The molecule has 0 spiro atoms. The summed E-state index contributed by atoms with van der Waals surface area (Å²) in [6.07, 6.45) is -1.58. The molecule has 0 bridgehead atoms. The number of aromatic nitrogens is 2. The van der Waals surface area contributed by atoms with Gasteiger partial charge in [0.2, 0.25) is 5.95 Å². The van der Waals surface area contributed by atoms with Crippen LogP contribution in [0.3, 0.4) is 0 Å². The first-order valence-electron chi connectivity index (χ1n) is 8.53. The Bertz CT molecular complexity index is 851. The van der Waals surface area contributed by atoms with Gasteiger partial charge in [0.1, 0.15) is 5.69 Å². The highest BCUT2D eigenvalue weighted by atomic mass is 35.5. The number of nitrogens with zero attached hydrogens (tertiary/aromatic N) is 3. The van der Waals surface area contributed by atoms with Crippen molar-refractivity contribution in [3.8, 4) is 0 Å². The van der Waals surface area contributed by atoms with E-state index in [2.05, 4.69) is 15.3 Å². The Labute approximate surface area is 159 Å². The first-order chi connectivity index (χ1) is 12.7. The number of hydrogen-bond donors (Lipinski definition) is 1. The van der Waals surface area contributed by atoms with E-state index in [1.807, 2.05) is 0 Å². The van der Waals surface area contributed by atoms with Crippen LogP contribution in [-0.2, 0) is 6.18 Å². The number of likely N-dealkylation sites (tertiary alicyclic amines) is 1. The van der Waals surface area contributed by atoms with E-state index in [9.17, 15) is 18.0 Å². The zero-order valence-corrected chi connectivity index (χ0v) is 15.4. The van der Waals surface area contributed by atoms with Crippen LogP contribution in [0, 0.1) is 6.92 Å². The highest BCUT2D eigenvalue weighted by molar-refractivity contribution is 6.31. The largest absolute Gasteiger partial charge is 0.417 e. The number of anilines is 2. The Morgan fingerprint density at radius 2 is 1.85 bits per heavy atom. The fourth-order valence-corrected chi connectivity index (χ4v) is 3.17. The first kappa shape index (κ1) is 19.4. The number of amides is 1. The van der Waals surface area contributed by atoms with Crippen molar-refractivity contribution in [1.29, 1.82) is 0 Å². The maximum Gasteiger partial charge on any atom is 0.417 e. The number of carbonyl (C=O) groups is 1. The third-order valence-electron chi connectivity index (χ3n) is 4.24. The molecule has 2 heterocycles. The minimum absolute atomic E-state index is 0.0609. The number of carbonyl (C=O) groups excluding carboxylic acids is 1. The predicted octanol–water partition coefficient (Wildman–Crippen LogP) is 4.83. The van der Waals surface area contributed by atoms with Crippen LogP contribution in [0.5, 0.6) is 0 Å². The van der Waals surface area contributed by atoms with Gasteiger partial charge in [-0.3, -0.25) is 4.79 Å². The standard InChI is InChI=1S/C18H18ClF3N4O/c1-11-9-15(16(27)26-7-3-2-4-8-26)25-17(23-11)24-12-5-6-14(19)13(10-12)18(20,21)22/h5-6,9-10H,2-4,7-8H2,1H3,(H,23,24,25). The van der Waals surface area contributed by atoms with Crippen LogP contribution in [-0.4, -0.2) is 33.9 Å². The van der Waals surface area contributed by atoms with Crippen LogP contribution in [0.25, 0.3) is 0 Å². The Hall–Kier alpha value is -2.35. The van der Waals surface area contributed by atoms with Gasteiger partial charge in [-0.15, -0.1) is 0 Å². The number of nitrogens with one attached hydrogen (secondary N) is 1. The zero-order valence-electron chi connectivity index (χ0n) is 14.6. The summed E-state index contributed by atoms with van der Waals surface area (Å²) in [4.78, 5) is 22.7. The van der Waals surface area contributed by atoms with E-state index in [-0.39, 0.29) is 28.3 Å². The summed E-state index contributed by atoms with van der Waals surface area (Å²) in [5.74, 6) is -0.138. The van der Waals surface area contributed by atoms with E-state index >= 15 is 0 Å². The normalized spacial score (nSPS) is 14.9. The molecule has 1 aromatic carbocycles. The lowest BCUT2D eigenvalue weighted by Gasteiger charge is -2.26. The van der Waals surface area contributed by atoms with Crippen molar-refractivity contribution in [2.45, 2.75) is 32.4 Å². The molecule has 1 aliphatic rings. The van der Waals surface area contributed by atoms with E-state index in [1.165, 1.54) is 6.07 Å². The number of rotatable bonds is 3. The predicted molar refractivity (Wildman–Crippen MR) is 96.3 cm³/mol. The number of benzene rings is 1. The fourth-order valence-electron chi connectivity index (χ4n) is 2.94. The van der Waals surface area contributed by atoms with Crippen LogP contribution in [0.4, 0.5) is 24.8 Å². The molecule has 144 valence electrons. The molecule has 27 heavy (non-hydrogen) atoms. The minimum atomic E-state index is -4.57. The Morgan fingerprint density at radius 3 is 2.52 bits per heavy atom. The van der Waals surface area contributed by atoms with Crippen molar-refractivity contribution in [1.82, 2.24) is 14.9 Å². The molecule has 1 aromatic heterocycles. The van der Waals surface area contributed by atoms with Gasteiger partial charge in [0.25, 0.3) is 5.91 Å². The van der Waals surface area contributed by atoms with E-state index in [0.29, 0.717) is 18.8 Å². The molecule has 5 nitrogen and oxygen atoms in total. The second kappa shape index (κ2) is 7.72. The lowest BCUT2D eigenvalue weighted by atomic mass is 10.1. The highest BCUT2D eigenvalue weighted by Gasteiger charge is 2.33. The summed E-state index contributed by atoms with van der Waals surface area (Å²) >= 11 is 5.63. The maximum absolute atomic E-state index is 13.0. The number of halogens is 4. The molecule has 2 aromatic rings. The lowest BCUT2D eigenvalue weighted by Crippen LogP contribution is -2.36. The highest BCUT2D eigenvalue weighted by Crippen LogP contribution is 2.36. The van der Waals surface area contributed by atoms with Gasteiger partial charge in [-0.2, -0.15) is 13.2 Å². The number of aryl methyl sites for hydroxylation is 1. The average molecular weight is 399 g/mol. The number of piperidine rings is 1. The topological polar surface area (TPSA) is 58.1 Å². The number of hydrogen-bond acceptors (Lipinski definition) is 4. The summed E-state index contributed by atoms with van der Waals surface area (Å²) in [7, 11) is 0. The molecule has 0 atom stereocenters. The van der Waals surface area contributed by atoms with Gasteiger partial charge < -0.3 is 10.2 Å². The average Bonchev–Trinajstić information content (AvgIpc) is 2.62. The third kappa shape index (κ3) is 4.68. The van der Waals surface area contributed by atoms with Gasteiger partial charge in [-0.05, 0) is 50.5 Å². The molecule has 1 fully saturated rings. The summed E-state index contributed by atoms with van der Waals surface area (Å²) < 4.78 is 39.0. The van der Waals surface area contributed by atoms with Crippen molar-refractivity contribution < 1.29 is 18.0 Å². The summed E-state index contributed by atoms with van der Waals surface area (Å²) in [5, 5.41) is 2.34. The molecule has 3 rings (SSSR count). The van der Waals surface area contributed by atoms with Gasteiger partial charge in [-0.25, -0.2) is 9.97 Å². The molecule has 0 saturated carbocycles. The molecule has 9 heteroatoms. The first-order valence-corrected chi connectivity index (χ1v) is 8.90. The van der Waals surface area contributed by atoms with Crippen LogP contribution >= 0.6 is 11.6 Å². The molecule has 0 aliphatic carbocycles. The smallest absolute Gasteiger partial charge is 0.337 e. The van der Waals surface area contributed by atoms with Gasteiger partial charge >= 0.3 is 6.18 Å². The quantitative estimate of drug-likeness (QED) is 0.804. The Balaban J connectivity index is 1.86. The van der Waals surface area contributed by atoms with E-state index < -0.39 is 11.7 Å². The SMILES string of the molecule is Cc1cc(C(=O)N2CCCCC2)nc(Nc2ccc(Cl)c(C(F)(F)F)c2)n1. The minimum Gasteiger partial charge on any atom is -0.337 e. The fraction of sp³-hybridized carbons (Fsp3) is 0.389. The van der Waals surface area contributed by atoms with Crippen LogP contribution in [0.15, 0.2) is 24.3 Å². The molecule has 1 aliphatic heterocycles. The van der Waals surface area contributed by atoms with Crippen molar-refractivity contribution in [3.63, 3.8) is 0 Å². The Kier molecular flexibility index (Phi) is 5.55. The van der Waals surface area contributed by atoms with E-state index in [1.54, 1.807) is 17.9 Å². The summed E-state index contributed by atoms with van der Waals surface area (Å²) in [6, 6.07) is 5.02. The van der Waals surface area contributed by atoms with Gasteiger partial charge in [0.05, 0.1) is 10.6 Å². The van der Waals surface area contributed by atoms with E-state index in [0.717, 1.165) is 31.4 Å².